The number of carbonyl (C=O) groups is 1. The van der Waals surface area contributed by atoms with Gasteiger partial charge in [0.15, 0.2) is 0 Å². The normalized spacial score (nSPS) is 11.6. The van der Waals surface area contributed by atoms with Gasteiger partial charge < -0.3 is 5.11 Å². The average Bonchev–Trinajstić information content (AvgIpc) is 2.87. The van der Waals surface area contributed by atoms with Crippen LogP contribution in [0.2, 0.25) is 0 Å². The Kier molecular flexibility index (Phi) is 4.50. The summed E-state index contributed by atoms with van der Waals surface area (Å²) in [5, 5.41) is 12.0. The number of aliphatic carboxylic acids is 1. The molecule has 1 aromatic carbocycles. The average molecular weight is 307 g/mol. The molecule has 0 aliphatic rings. The van der Waals surface area contributed by atoms with Crippen LogP contribution in [0.3, 0.4) is 0 Å². The van der Waals surface area contributed by atoms with Gasteiger partial charge in [-0.3, -0.25) is 4.79 Å². The molecule has 0 saturated heterocycles. The second kappa shape index (κ2) is 5.97. The van der Waals surface area contributed by atoms with Crippen LogP contribution in [-0.4, -0.2) is 16.1 Å². The minimum absolute atomic E-state index is 0.635. The first-order chi connectivity index (χ1) is 9.41. The summed E-state index contributed by atoms with van der Waals surface area (Å²) in [6.45, 7) is 5.45. The number of benzene rings is 1. The van der Waals surface area contributed by atoms with Gasteiger partial charge in [-0.05, 0) is 32.4 Å². The van der Waals surface area contributed by atoms with Crippen molar-refractivity contribution in [3.8, 4) is 0 Å². The number of hydrogen-bond donors (Lipinski definition) is 1. The van der Waals surface area contributed by atoms with Crippen LogP contribution in [-0.2, 0) is 16.0 Å². The summed E-state index contributed by atoms with van der Waals surface area (Å²) in [6, 6.07) is 8.23. The molecule has 0 fully saturated rings. The molecule has 20 heavy (non-hydrogen) atoms. The molecule has 1 heterocycles. The first-order valence-electron chi connectivity index (χ1n) is 6.28. The third-order valence-electron chi connectivity index (χ3n) is 3.17. The number of thioether (sulfide) groups is 1. The summed E-state index contributed by atoms with van der Waals surface area (Å²) in [4.78, 5) is 16.9. The van der Waals surface area contributed by atoms with Gasteiger partial charge in [-0.25, -0.2) is 4.98 Å². The Morgan fingerprint density at radius 1 is 1.40 bits per heavy atom. The summed E-state index contributed by atoms with van der Waals surface area (Å²) in [7, 11) is 0. The molecule has 0 atom stereocenters. The lowest BCUT2D eigenvalue weighted by atomic mass is 9.90. The highest BCUT2D eigenvalue weighted by atomic mass is 32.2. The Labute approximate surface area is 127 Å². The molecule has 0 aliphatic heterocycles. The van der Waals surface area contributed by atoms with Crippen molar-refractivity contribution in [2.75, 3.05) is 0 Å². The lowest BCUT2D eigenvalue weighted by Gasteiger charge is -2.15. The summed E-state index contributed by atoms with van der Waals surface area (Å²) < 4.78 is 0. The zero-order chi connectivity index (χ0) is 14.8. The maximum absolute atomic E-state index is 11.2. The van der Waals surface area contributed by atoms with E-state index in [4.69, 9.17) is 0 Å². The van der Waals surface area contributed by atoms with Crippen molar-refractivity contribution in [1.82, 2.24) is 4.98 Å². The number of aromatic nitrogens is 1. The van der Waals surface area contributed by atoms with E-state index in [9.17, 15) is 9.90 Å². The molecule has 0 aliphatic carbocycles. The van der Waals surface area contributed by atoms with E-state index in [1.165, 1.54) is 21.8 Å². The minimum atomic E-state index is -0.928. The van der Waals surface area contributed by atoms with Crippen LogP contribution in [0.4, 0.5) is 0 Å². The lowest BCUT2D eigenvalue weighted by molar-refractivity contribution is -0.142. The minimum Gasteiger partial charge on any atom is -0.481 e. The molecular weight excluding hydrogens is 290 g/mol. The zero-order valence-corrected chi connectivity index (χ0v) is 13.3. The first kappa shape index (κ1) is 15.1. The standard InChI is InChI=1S/C15H17NO2S2/c1-10-6-4-5-7-11(10)19-9-13-16-12(8-20-13)15(2,3)14(17)18/h4-8H,9H2,1-3H3,(H,17,18). The van der Waals surface area contributed by atoms with Gasteiger partial charge in [-0.2, -0.15) is 0 Å². The Balaban J connectivity index is 2.08. The number of carboxylic acid groups (broad SMARTS) is 1. The van der Waals surface area contributed by atoms with Crippen LogP contribution in [0, 0.1) is 6.92 Å². The monoisotopic (exact) mass is 307 g/mol. The molecule has 0 saturated carbocycles. The third kappa shape index (κ3) is 3.22. The molecule has 0 bridgehead atoms. The van der Waals surface area contributed by atoms with Gasteiger partial charge >= 0.3 is 5.97 Å². The summed E-state index contributed by atoms with van der Waals surface area (Å²) in [5.74, 6) is -0.0773. The molecule has 0 amide bonds. The molecule has 0 radical (unpaired) electrons. The fourth-order valence-electron chi connectivity index (χ4n) is 1.63. The van der Waals surface area contributed by atoms with Crippen LogP contribution < -0.4 is 0 Å². The molecule has 1 N–H and O–H groups in total. The number of carboxylic acids is 1. The Bertz CT molecular complexity index is 620. The molecule has 5 heteroatoms. The second-order valence-corrected chi connectivity index (χ2v) is 7.07. The van der Waals surface area contributed by atoms with Gasteiger partial charge in [0.05, 0.1) is 11.4 Å². The van der Waals surface area contributed by atoms with Crippen molar-refractivity contribution in [2.24, 2.45) is 0 Å². The fourth-order valence-corrected chi connectivity index (χ4v) is 3.64. The van der Waals surface area contributed by atoms with Crippen molar-refractivity contribution in [3.05, 3.63) is 45.9 Å². The summed E-state index contributed by atoms with van der Waals surface area (Å²) >= 11 is 3.26. The zero-order valence-electron chi connectivity index (χ0n) is 11.7. The fraction of sp³-hybridized carbons (Fsp3) is 0.333. The smallest absolute Gasteiger partial charge is 0.315 e. The molecule has 2 aromatic rings. The SMILES string of the molecule is Cc1ccccc1SCc1nc(C(C)(C)C(=O)O)cs1. The Hall–Kier alpha value is -1.33. The number of rotatable bonds is 5. The topological polar surface area (TPSA) is 50.2 Å². The quantitative estimate of drug-likeness (QED) is 0.845. The van der Waals surface area contributed by atoms with Gasteiger partial charge in [0, 0.05) is 10.3 Å². The Morgan fingerprint density at radius 2 is 2.10 bits per heavy atom. The summed E-state index contributed by atoms with van der Waals surface area (Å²) in [6.07, 6.45) is 0. The van der Waals surface area contributed by atoms with Crippen LogP contribution >= 0.6 is 23.1 Å². The van der Waals surface area contributed by atoms with Crippen molar-refractivity contribution in [1.29, 1.82) is 0 Å². The van der Waals surface area contributed by atoms with Gasteiger partial charge in [-0.1, -0.05) is 18.2 Å². The van der Waals surface area contributed by atoms with Gasteiger partial charge in [0.1, 0.15) is 10.4 Å². The highest BCUT2D eigenvalue weighted by Crippen LogP contribution is 2.30. The van der Waals surface area contributed by atoms with Crippen molar-refractivity contribution in [3.63, 3.8) is 0 Å². The van der Waals surface area contributed by atoms with Crippen LogP contribution in [0.25, 0.3) is 0 Å². The van der Waals surface area contributed by atoms with E-state index < -0.39 is 11.4 Å². The number of aryl methyl sites for hydroxylation is 1. The van der Waals surface area contributed by atoms with Crippen molar-refractivity contribution >= 4 is 29.1 Å². The molecule has 0 unspecified atom stereocenters. The molecule has 2 rings (SSSR count). The Morgan fingerprint density at radius 3 is 2.75 bits per heavy atom. The van der Waals surface area contributed by atoms with E-state index in [-0.39, 0.29) is 0 Å². The van der Waals surface area contributed by atoms with E-state index >= 15 is 0 Å². The predicted molar refractivity (Wildman–Crippen MR) is 83.5 cm³/mol. The van der Waals surface area contributed by atoms with E-state index in [1.54, 1.807) is 25.6 Å². The van der Waals surface area contributed by atoms with E-state index in [0.717, 1.165) is 10.8 Å². The number of hydrogen-bond acceptors (Lipinski definition) is 4. The van der Waals surface area contributed by atoms with E-state index in [2.05, 4.69) is 24.0 Å². The maximum atomic E-state index is 11.2. The first-order valence-corrected chi connectivity index (χ1v) is 8.14. The van der Waals surface area contributed by atoms with Crippen molar-refractivity contribution in [2.45, 2.75) is 36.8 Å². The molecule has 0 spiro atoms. The molecule has 1 aromatic heterocycles. The third-order valence-corrected chi connectivity index (χ3v) is 5.39. The van der Waals surface area contributed by atoms with Crippen LogP contribution in [0.15, 0.2) is 34.5 Å². The predicted octanol–water partition coefficient (Wildman–Crippen LogP) is 4.11. The number of thiazole rings is 1. The maximum Gasteiger partial charge on any atom is 0.315 e. The van der Waals surface area contributed by atoms with Crippen LogP contribution in [0.1, 0.15) is 30.1 Å². The second-order valence-electron chi connectivity index (χ2n) is 5.11. The molecule has 3 nitrogen and oxygen atoms in total. The van der Waals surface area contributed by atoms with Gasteiger partial charge in [-0.15, -0.1) is 23.1 Å². The molecule has 106 valence electrons. The van der Waals surface area contributed by atoms with E-state index in [1.807, 2.05) is 17.5 Å². The number of nitrogens with zero attached hydrogens (tertiary/aromatic N) is 1. The highest BCUT2D eigenvalue weighted by molar-refractivity contribution is 7.98. The van der Waals surface area contributed by atoms with Crippen molar-refractivity contribution < 1.29 is 9.90 Å². The van der Waals surface area contributed by atoms with Gasteiger partial charge in [0.25, 0.3) is 0 Å². The highest BCUT2D eigenvalue weighted by Gasteiger charge is 2.32. The van der Waals surface area contributed by atoms with Crippen LogP contribution in [0.5, 0.6) is 0 Å². The largest absolute Gasteiger partial charge is 0.481 e. The van der Waals surface area contributed by atoms with E-state index in [0.29, 0.717) is 5.69 Å². The van der Waals surface area contributed by atoms with Gasteiger partial charge in [0.2, 0.25) is 0 Å². The summed E-state index contributed by atoms with van der Waals surface area (Å²) in [5.41, 5.74) is 0.956. The lowest BCUT2D eigenvalue weighted by Crippen LogP contribution is -2.28. The molecular formula is C15H17NO2S2.